The molecule has 0 aliphatic heterocycles. The number of anilines is 1. The number of ether oxygens (including phenoxy) is 1. The normalized spacial score (nSPS) is 12.5. The van der Waals surface area contributed by atoms with Gasteiger partial charge in [-0.05, 0) is 25.1 Å². The van der Waals surface area contributed by atoms with Crippen molar-refractivity contribution in [1.82, 2.24) is 34.9 Å². The lowest BCUT2D eigenvalue weighted by Crippen LogP contribution is -2.20. The molecule has 34 heavy (non-hydrogen) atoms. The van der Waals surface area contributed by atoms with Crippen molar-refractivity contribution in [1.29, 1.82) is 0 Å². The Morgan fingerprint density at radius 2 is 2.00 bits per heavy atom. The number of nitrogens with zero attached hydrogens (tertiary/aromatic N) is 7. The largest absolute Gasteiger partial charge is 0.467 e. The third kappa shape index (κ3) is 4.80. The fourth-order valence-corrected chi connectivity index (χ4v) is 3.32. The molecule has 3 heterocycles. The zero-order chi connectivity index (χ0) is 24.5. The number of fused-ring (bicyclic) bond motifs is 1. The van der Waals surface area contributed by atoms with Crippen LogP contribution in [0.25, 0.3) is 16.7 Å². The fraction of sp³-hybridized carbons (Fsp3) is 0.211. The second-order valence-corrected chi connectivity index (χ2v) is 7.39. The van der Waals surface area contributed by atoms with Crippen molar-refractivity contribution < 1.29 is 22.7 Å². The summed E-state index contributed by atoms with van der Waals surface area (Å²) in [6.07, 6.45) is -2.34. The molecule has 0 radical (unpaired) electrons. The zero-order valence-corrected chi connectivity index (χ0v) is 18.0. The molecule has 3 aromatic heterocycles. The minimum absolute atomic E-state index is 0.0835. The Hall–Kier alpha value is -4.07. The van der Waals surface area contributed by atoms with Crippen LogP contribution in [0.4, 0.5) is 19.0 Å². The molecule has 0 saturated heterocycles. The summed E-state index contributed by atoms with van der Waals surface area (Å²) in [4.78, 5) is 22.9. The van der Waals surface area contributed by atoms with Crippen LogP contribution in [-0.4, -0.2) is 47.4 Å². The highest BCUT2D eigenvalue weighted by atomic mass is 35.5. The first-order chi connectivity index (χ1) is 16.1. The lowest BCUT2D eigenvalue weighted by atomic mass is 10.1. The van der Waals surface area contributed by atoms with Gasteiger partial charge in [-0.1, -0.05) is 11.6 Å². The maximum atomic E-state index is 13.5. The van der Waals surface area contributed by atoms with Gasteiger partial charge >= 0.3 is 6.18 Å². The van der Waals surface area contributed by atoms with Gasteiger partial charge in [-0.2, -0.15) is 23.0 Å². The van der Waals surface area contributed by atoms with E-state index >= 15 is 0 Å². The molecule has 0 aliphatic carbocycles. The van der Waals surface area contributed by atoms with Gasteiger partial charge < -0.3 is 15.8 Å². The van der Waals surface area contributed by atoms with Gasteiger partial charge in [0.1, 0.15) is 18.5 Å². The summed E-state index contributed by atoms with van der Waals surface area (Å²) in [5.74, 6) is 0.194. The van der Waals surface area contributed by atoms with E-state index in [9.17, 15) is 18.0 Å². The number of nitrogens with one attached hydrogen (secondary N) is 1. The molecular weight excluding hydrogens is 479 g/mol. The fourth-order valence-electron chi connectivity index (χ4n) is 3.10. The van der Waals surface area contributed by atoms with Crippen molar-refractivity contribution in [3.63, 3.8) is 0 Å². The molecule has 1 amide bonds. The topological polar surface area (TPSA) is 147 Å². The Kier molecular flexibility index (Phi) is 6.15. The van der Waals surface area contributed by atoms with Crippen LogP contribution in [-0.2, 0) is 11.0 Å². The van der Waals surface area contributed by atoms with Crippen LogP contribution in [0.5, 0.6) is 5.88 Å². The van der Waals surface area contributed by atoms with Crippen LogP contribution in [0.1, 0.15) is 24.4 Å². The van der Waals surface area contributed by atoms with Gasteiger partial charge in [0, 0.05) is 16.5 Å². The summed E-state index contributed by atoms with van der Waals surface area (Å²) in [7, 11) is 0. The summed E-state index contributed by atoms with van der Waals surface area (Å²) in [6, 6.07) is 4.58. The van der Waals surface area contributed by atoms with Crippen molar-refractivity contribution in [2.24, 2.45) is 5.73 Å². The molecule has 176 valence electrons. The zero-order valence-electron chi connectivity index (χ0n) is 17.3. The van der Waals surface area contributed by atoms with E-state index in [-0.39, 0.29) is 40.0 Å². The maximum absolute atomic E-state index is 13.5. The molecule has 3 N–H and O–H groups in total. The Morgan fingerprint density at radius 1 is 1.21 bits per heavy atom. The van der Waals surface area contributed by atoms with Gasteiger partial charge in [-0.15, -0.1) is 10.2 Å². The SMILES string of the molecule is C[C@H](Nc1ncnc2c(C(F)(F)F)cc(Cl)cc12)c1ncnn1-c1ccc(OCC(N)=O)nn1. The maximum Gasteiger partial charge on any atom is 0.418 e. The van der Waals surface area contributed by atoms with Gasteiger partial charge in [-0.3, -0.25) is 4.79 Å². The number of amides is 1. The predicted octanol–water partition coefficient (Wildman–Crippen LogP) is 2.71. The first-order valence-electron chi connectivity index (χ1n) is 9.56. The summed E-state index contributed by atoms with van der Waals surface area (Å²) in [5, 5.41) is 15.0. The van der Waals surface area contributed by atoms with E-state index in [4.69, 9.17) is 22.1 Å². The number of hydrogen-bond acceptors (Lipinski definition) is 9. The molecule has 0 spiro atoms. The highest BCUT2D eigenvalue weighted by molar-refractivity contribution is 6.31. The van der Waals surface area contributed by atoms with Gasteiger partial charge in [0.15, 0.2) is 18.2 Å². The number of nitrogens with two attached hydrogens (primary N) is 1. The van der Waals surface area contributed by atoms with E-state index in [1.807, 2.05) is 0 Å². The first kappa shape index (κ1) is 23.1. The first-order valence-corrected chi connectivity index (χ1v) is 9.94. The van der Waals surface area contributed by atoms with Crippen LogP contribution in [0.3, 0.4) is 0 Å². The average molecular weight is 494 g/mol. The summed E-state index contributed by atoms with van der Waals surface area (Å²) in [5.41, 5.74) is 3.76. The van der Waals surface area contributed by atoms with Gasteiger partial charge in [0.05, 0.1) is 17.1 Å². The smallest absolute Gasteiger partial charge is 0.418 e. The Morgan fingerprint density at radius 3 is 2.68 bits per heavy atom. The van der Waals surface area contributed by atoms with Crippen LogP contribution in [0.15, 0.2) is 36.9 Å². The molecule has 0 aliphatic rings. The molecule has 4 aromatic rings. The monoisotopic (exact) mass is 493 g/mol. The number of rotatable bonds is 7. The molecule has 11 nitrogen and oxygen atoms in total. The molecule has 0 bridgehead atoms. The number of alkyl halides is 3. The van der Waals surface area contributed by atoms with Crippen LogP contribution >= 0.6 is 11.6 Å². The molecule has 4 rings (SSSR count). The Bertz CT molecular complexity index is 1350. The van der Waals surface area contributed by atoms with Crippen molar-refractivity contribution in [3.8, 4) is 11.7 Å². The van der Waals surface area contributed by atoms with Crippen molar-refractivity contribution >= 4 is 34.2 Å². The van der Waals surface area contributed by atoms with Crippen molar-refractivity contribution in [3.05, 3.63) is 53.3 Å². The third-order valence-corrected chi connectivity index (χ3v) is 4.75. The minimum atomic E-state index is -4.65. The summed E-state index contributed by atoms with van der Waals surface area (Å²) < 4.78 is 46.8. The molecular formula is C19H15ClF3N9O2. The predicted molar refractivity (Wildman–Crippen MR) is 113 cm³/mol. The Labute approximate surface area is 194 Å². The van der Waals surface area contributed by atoms with E-state index in [0.29, 0.717) is 5.82 Å². The molecule has 1 atom stereocenters. The lowest BCUT2D eigenvalue weighted by Gasteiger charge is -2.17. The lowest BCUT2D eigenvalue weighted by molar-refractivity contribution is -0.136. The second kappa shape index (κ2) is 9.05. The van der Waals surface area contributed by atoms with Gasteiger partial charge in [0.2, 0.25) is 5.88 Å². The number of carbonyl (C=O) groups is 1. The molecule has 15 heteroatoms. The van der Waals surface area contributed by atoms with Crippen molar-refractivity contribution in [2.75, 3.05) is 11.9 Å². The minimum Gasteiger partial charge on any atom is -0.467 e. The second-order valence-electron chi connectivity index (χ2n) is 6.95. The van der Waals surface area contributed by atoms with E-state index in [1.54, 1.807) is 6.92 Å². The molecule has 1 aromatic carbocycles. The number of aromatic nitrogens is 7. The number of hydrogen-bond donors (Lipinski definition) is 2. The Balaban J connectivity index is 1.63. The van der Waals surface area contributed by atoms with E-state index in [0.717, 1.165) is 12.4 Å². The van der Waals surface area contributed by atoms with Gasteiger partial charge in [-0.25, -0.2) is 15.0 Å². The summed E-state index contributed by atoms with van der Waals surface area (Å²) >= 11 is 5.93. The van der Waals surface area contributed by atoms with Crippen LogP contribution in [0, 0.1) is 0 Å². The number of benzene rings is 1. The molecule has 0 saturated carbocycles. The number of carbonyl (C=O) groups excluding carboxylic acids is 1. The standard InChI is InChI=1S/C19H15ClF3N9O2/c1-9(18-27-8-28-32(18)14-2-3-15(31-30-14)34-6-13(24)33)29-17-11-4-10(20)5-12(19(21,22)23)16(11)25-7-26-17/h2-5,7-9H,6H2,1H3,(H2,24,33)(H,25,26,29)/t9-/m0/s1. The third-order valence-electron chi connectivity index (χ3n) is 4.53. The quantitative estimate of drug-likeness (QED) is 0.396. The van der Waals surface area contributed by atoms with E-state index < -0.39 is 23.7 Å². The number of halogens is 4. The molecule has 0 unspecified atom stereocenters. The van der Waals surface area contributed by atoms with Crippen molar-refractivity contribution in [2.45, 2.75) is 19.1 Å². The number of primary amides is 1. The van der Waals surface area contributed by atoms with Gasteiger partial charge in [0.25, 0.3) is 5.91 Å². The molecule has 0 fully saturated rings. The highest BCUT2D eigenvalue weighted by Crippen LogP contribution is 2.38. The highest BCUT2D eigenvalue weighted by Gasteiger charge is 2.34. The van der Waals surface area contributed by atoms with E-state index in [2.05, 4.69) is 35.6 Å². The summed E-state index contributed by atoms with van der Waals surface area (Å²) in [6.45, 7) is 1.36. The average Bonchev–Trinajstić information content (AvgIpc) is 3.27. The van der Waals surface area contributed by atoms with Crippen LogP contribution in [0.2, 0.25) is 5.02 Å². The van der Waals surface area contributed by atoms with E-state index in [1.165, 1.54) is 29.2 Å². The van der Waals surface area contributed by atoms with Crippen LogP contribution < -0.4 is 15.8 Å².